The number of imidazole rings is 1. The molecule has 4 aromatic rings. The summed E-state index contributed by atoms with van der Waals surface area (Å²) in [7, 11) is 0. The van der Waals surface area contributed by atoms with E-state index in [1.165, 1.54) is 12.1 Å². The molecule has 1 fully saturated rings. The first-order valence-electron chi connectivity index (χ1n) is 12.3. The standard InChI is InChI=1S/C27H30F2N6O/c1-15(2)36-20-11-22(28)26(23(29)12-20)24-5-4-19-13-32-27(35(19)34-24)33-25-14-31-7-6-21(25)17-8-16(3)9-18(30)10-17/h4-7,11-18H,8-10,30H2,1-3H3,(H,32,33)/t16-,17+,18-/m0/s1. The number of nitrogens with two attached hydrogens (primary N) is 1. The molecule has 3 heterocycles. The van der Waals surface area contributed by atoms with Crippen LogP contribution in [0.15, 0.2) is 48.9 Å². The van der Waals surface area contributed by atoms with Crippen LogP contribution in [0.25, 0.3) is 16.8 Å². The van der Waals surface area contributed by atoms with Gasteiger partial charge >= 0.3 is 0 Å². The van der Waals surface area contributed by atoms with Gasteiger partial charge in [0, 0.05) is 24.4 Å². The van der Waals surface area contributed by atoms with Gasteiger partial charge in [0.1, 0.15) is 17.4 Å². The Kier molecular flexibility index (Phi) is 6.57. The van der Waals surface area contributed by atoms with E-state index in [2.05, 4.69) is 27.3 Å². The van der Waals surface area contributed by atoms with Gasteiger partial charge in [0.25, 0.3) is 0 Å². The molecule has 0 spiro atoms. The fourth-order valence-corrected chi connectivity index (χ4v) is 5.13. The zero-order valence-corrected chi connectivity index (χ0v) is 20.6. The highest BCUT2D eigenvalue weighted by molar-refractivity contribution is 5.66. The number of hydrogen-bond acceptors (Lipinski definition) is 6. The maximum absolute atomic E-state index is 14.9. The summed E-state index contributed by atoms with van der Waals surface area (Å²) in [6.45, 7) is 5.82. The Morgan fingerprint density at radius 1 is 1.08 bits per heavy atom. The minimum absolute atomic E-state index is 0.135. The normalized spacial score (nSPS) is 20.1. The summed E-state index contributed by atoms with van der Waals surface area (Å²) < 4.78 is 36.8. The molecule has 5 rings (SSSR count). The van der Waals surface area contributed by atoms with Crippen molar-refractivity contribution in [3.05, 3.63) is 66.1 Å². The topological polar surface area (TPSA) is 90.4 Å². The van der Waals surface area contributed by atoms with Crippen LogP contribution >= 0.6 is 0 Å². The van der Waals surface area contributed by atoms with E-state index >= 15 is 0 Å². The first-order valence-corrected chi connectivity index (χ1v) is 12.3. The van der Waals surface area contributed by atoms with Gasteiger partial charge in [-0.1, -0.05) is 6.92 Å². The number of pyridine rings is 1. The maximum atomic E-state index is 14.9. The first kappa shape index (κ1) is 24.1. The lowest BCUT2D eigenvalue weighted by molar-refractivity contribution is 0.240. The number of benzene rings is 1. The molecule has 188 valence electrons. The Morgan fingerprint density at radius 3 is 2.58 bits per heavy atom. The van der Waals surface area contributed by atoms with Crippen molar-refractivity contribution in [2.24, 2.45) is 11.7 Å². The van der Waals surface area contributed by atoms with E-state index in [-0.39, 0.29) is 29.2 Å². The van der Waals surface area contributed by atoms with Gasteiger partial charge in [-0.25, -0.2) is 13.8 Å². The second-order valence-corrected chi connectivity index (χ2v) is 9.92. The summed E-state index contributed by atoms with van der Waals surface area (Å²) in [5.41, 5.74) is 8.85. The van der Waals surface area contributed by atoms with Gasteiger partial charge in [0.2, 0.25) is 5.95 Å². The predicted octanol–water partition coefficient (Wildman–Crippen LogP) is 5.83. The van der Waals surface area contributed by atoms with E-state index in [0.717, 1.165) is 30.5 Å². The molecule has 3 N–H and O–H groups in total. The summed E-state index contributed by atoms with van der Waals surface area (Å²) in [6, 6.07) is 7.83. The molecule has 36 heavy (non-hydrogen) atoms. The van der Waals surface area contributed by atoms with Crippen LogP contribution in [0.4, 0.5) is 20.4 Å². The van der Waals surface area contributed by atoms with Crippen molar-refractivity contribution in [2.45, 2.75) is 58.1 Å². The zero-order chi connectivity index (χ0) is 25.4. The number of nitrogens with zero attached hydrogens (tertiary/aromatic N) is 4. The number of rotatable bonds is 6. The minimum Gasteiger partial charge on any atom is -0.491 e. The van der Waals surface area contributed by atoms with Gasteiger partial charge < -0.3 is 15.8 Å². The van der Waals surface area contributed by atoms with Gasteiger partial charge in [-0.3, -0.25) is 4.98 Å². The Balaban J connectivity index is 1.49. The average Bonchev–Trinajstić information content (AvgIpc) is 3.20. The summed E-state index contributed by atoms with van der Waals surface area (Å²) >= 11 is 0. The molecule has 1 aliphatic rings. The molecule has 9 heteroatoms. The smallest absolute Gasteiger partial charge is 0.229 e. The fourth-order valence-electron chi connectivity index (χ4n) is 5.13. The Labute approximate surface area is 208 Å². The third kappa shape index (κ3) is 4.88. The van der Waals surface area contributed by atoms with Gasteiger partial charge in [-0.2, -0.15) is 9.61 Å². The lowest BCUT2D eigenvalue weighted by Gasteiger charge is -2.32. The summed E-state index contributed by atoms with van der Waals surface area (Å²) in [5.74, 6) is -0.0866. The third-order valence-electron chi connectivity index (χ3n) is 6.55. The highest BCUT2D eigenvalue weighted by atomic mass is 19.1. The summed E-state index contributed by atoms with van der Waals surface area (Å²) in [4.78, 5) is 8.76. The fraction of sp³-hybridized carbons (Fsp3) is 0.370. The van der Waals surface area contributed by atoms with Crippen LogP contribution in [0.2, 0.25) is 0 Å². The number of ether oxygens (including phenoxy) is 1. The van der Waals surface area contributed by atoms with Crippen LogP contribution in [0.3, 0.4) is 0 Å². The van der Waals surface area contributed by atoms with Gasteiger partial charge in [0.05, 0.1) is 41.0 Å². The maximum Gasteiger partial charge on any atom is 0.229 e. The van der Waals surface area contributed by atoms with Gasteiger partial charge in [0.15, 0.2) is 0 Å². The number of hydrogen-bond donors (Lipinski definition) is 2. The predicted molar refractivity (Wildman–Crippen MR) is 135 cm³/mol. The molecule has 1 aromatic carbocycles. The largest absolute Gasteiger partial charge is 0.491 e. The van der Waals surface area contributed by atoms with Crippen molar-refractivity contribution in [3.8, 4) is 17.0 Å². The zero-order valence-electron chi connectivity index (χ0n) is 20.6. The van der Waals surface area contributed by atoms with Crippen LogP contribution in [0.1, 0.15) is 51.5 Å². The van der Waals surface area contributed by atoms with Crippen LogP contribution in [0.5, 0.6) is 5.75 Å². The molecule has 0 radical (unpaired) electrons. The van der Waals surface area contributed by atoms with Crippen molar-refractivity contribution >= 4 is 17.2 Å². The van der Waals surface area contributed by atoms with Crippen molar-refractivity contribution < 1.29 is 13.5 Å². The molecule has 0 bridgehead atoms. The molecule has 0 unspecified atom stereocenters. The van der Waals surface area contributed by atoms with E-state index in [9.17, 15) is 8.78 Å². The summed E-state index contributed by atoms with van der Waals surface area (Å²) in [6.07, 6.45) is 7.98. The lowest BCUT2D eigenvalue weighted by atomic mass is 9.76. The van der Waals surface area contributed by atoms with Crippen molar-refractivity contribution in [2.75, 3.05) is 5.32 Å². The number of aromatic nitrogens is 4. The Bertz CT molecular complexity index is 1350. The molecule has 0 saturated heterocycles. The van der Waals surface area contributed by atoms with Crippen LogP contribution in [-0.2, 0) is 0 Å². The van der Waals surface area contributed by atoms with Crippen molar-refractivity contribution in [3.63, 3.8) is 0 Å². The molecule has 3 aromatic heterocycles. The minimum atomic E-state index is -0.746. The highest BCUT2D eigenvalue weighted by Gasteiger charge is 2.27. The average molecular weight is 493 g/mol. The lowest BCUT2D eigenvalue weighted by Crippen LogP contribution is -2.31. The van der Waals surface area contributed by atoms with Crippen LogP contribution in [-0.4, -0.2) is 31.7 Å². The molecule has 3 atom stereocenters. The quantitative estimate of drug-likeness (QED) is 0.352. The van der Waals surface area contributed by atoms with Gasteiger partial charge in [-0.05, 0) is 68.7 Å². The second kappa shape index (κ2) is 9.81. The molecular weight excluding hydrogens is 462 g/mol. The molecule has 0 aliphatic heterocycles. The van der Waals surface area contributed by atoms with E-state index in [1.807, 2.05) is 6.07 Å². The second-order valence-electron chi connectivity index (χ2n) is 9.92. The monoisotopic (exact) mass is 492 g/mol. The SMILES string of the molecule is CC(C)Oc1cc(F)c(-c2ccc3cnc(Nc4cnccc4[C@@H]4C[C@H](C)C[C@H](N)C4)n3n2)c(F)c1. The number of nitrogens with one attached hydrogen (secondary N) is 1. The number of anilines is 2. The first-order chi connectivity index (χ1) is 17.3. The molecular formula is C27H30F2N6O. The van der Waals surface area contributed by atoms with E-state index in [4.69, 9.17) is 10.5 Å². The van der Waals surface area contributed by atoms with E-state index < -0.39 is 11.6 Å². The molecule has 1 aliphatic carbocycles. The number of halogens is 2. The highest BCUT2D eigenvalue weighted by Crippen LogP contribution is 2.39. The summed E-state index contributed by atoms with van der Waals surface area (Å²) in [5, 5.41) is 7.85. The van der Waals surface area contributed by atoms with Crippen LogP contribution in [0, 0.1) is 17.6 Å². The van der Waals surface area contributed by atoms with Crippen LogP contribution < -0.4 is 15.8 Å². The third-order valence-corrected chi connectivity index (χ3v) is 6.55. The Hall–Kier alpha value is -3.59. The van der Waals surface area contributed by atoms with Crippen molar-refractivity contribution in [1.82, 2.24) is 19.6 Å². The Morgan fingerprint density at radius 2 is 1.86 bits per heavy atom. The van der Waals surface area contributed by atoms with Crippen molar-refractivity contribution in [1.29, 1.82) is 0 Å². The molecule has 1 saturated carbocycles. The van der Waals surface area contributed by atoms with E-state index in [0.29, 0.717) is 23.3 Å². The van der Waals surface area contributed by atoms with E-state index in [1.54, 1.807) is 49.1 Å². The molecule has 0 amide bonds. The van der Waals surface area contributed by atoms with Gasteiger partial charge in [-0.15, -0.1) is 0 Å². The number of fused-ring (bicyclic) bond motifs is 1. The molecule has 7 nitrogen and oxygen atoms in total.